The van der Waals surface area contributed by atoms with E-state index in [1.807, 2.05) is 0 Å². The first-order valence-electron chi connectivity index (χ1n) is 9.74. The van der Waals surface area contributed by atoms with Crippen molar-refractivity contribution < 1.29 is 30.6 Å². The lowest BCUT2D eigenvalue weighted by atomic mass is 9.54. The van der Waals surface area contributed by atoms with Crippen molar-refractivity contribution in [3.63, 3.8) is 0 Å². The molecule has 5 fully saturated rings. The number of hydrogen-bond acceptors (Lipinski definition) is 6. The summed E-state index contributed by atoms with van der Waals surface area (Å²) < 4.78 is 0. The summed E-state index contributed by atoms with van der Waals surface area (Å²) in [5.41, 5.74) is -3.21. The number of aliphatic hydroxyl groups is 6. The van der Waals surface area contributed by atoms with Crippen molar-refractivity contribution >= 4 is 0 Å². The smallest absolute Gasteiger partial charge is 0.107 e. The monoisotopic (exact) mass is 368 g/mol. The minimum Gasteiger partial charge on any atom is -0.392 e. The number of rotatable bonds is 0. The van der Waals surface area contributed by atoms with Crippen LogP contribution in [0.15, 0.2) is 12.2 Å². The summed E-state index contributed by atoms with van der Waals surface area (Å²) in [7, 11) is 0. The Morgan fingerprint density at radius 2 is 1.58 bits per heavy atom. The van der Waals surface area contributed by atoms with Gasteiger partial charge in [0.1, 0.15) is 5.60 Å². The Kier molecular flexibility index (Phi) is 3.85. The molecule has 0 radical (unpaired) electrons. The molecule has 6 nitrogen and oxygen atoms in total. The summed E-state index contributed by atoms with van der Waals surface area (Å²) in [6.07, 6.45) is -2.69. The fourth-order valence-electron chi connectivity index (χ4n) is 7.13. The van der Waals surface area contributed by atoms with Crippen LogP contribution < -0.4 is 0 Å². The van der Waals surface area contributed by atoms with Crippen LogP contribution in [0.3, 0.4) is 0 Å². The van der Waals surface area contributed by atoms with Crippen LogP contribution in [0.2, 0.25) is 0 Å². The zero-order chi connectivity index (χ0) is 19.4. The summed E-state index contributed by atoms with van der Waals surface area (Å²) >= 11 is 0. The molecular weight excluding hydrogens is 336 g/mol. The molecule has 0 heterocycles. The van der Waals surface area contributed by atoms with Gasteiger partial charge < -0.3 is 30.6 Å². The average Bonchev–Trinajstić information content (AvgIpc) is 2.73. The molecule has 0 saturated heterocycles. The van der Waals surface area contributed by atoms with Crippen LogP contribution in [0.5, 0.6) is 0 Å². The molecule has 6 N–H and O–H groups in total. The minimum atomic E-state index is -1.71. The minimum absolute atomic E-state index is 0.127. The summed E-state index contributed by atoms with van der Waals surface area (Å²) in [5, 5.41) is 65.3. The Morgan fingerprint density at radius 3 is 2.15 bits per heavy atom. The Morgan fingerprint density at radius 1 is 0.962 bits per heavy atom. The fourth-order valence-corrected chi connectivity index (χ4v) is 7.13. The van der Waals surface area contributed by atoms with Gasteiger partial charge in [-0.05, 0) is 38.0 Å². The van der Waals surface area contributed by atoms with Gasteiger partial charge in [0.25, 0.3) is 0 Å². The molecule has 5 aliphatic rings. The second kappa shape index (κ2) is 5.31. The molecule has 0 aromatic heterocycles. The zero-order valence-electron chi connectivity index (χ0n) is 15.7. The van der Waals surface area contributed by atoms with Gasteiger partial charge in [-0.1, -0.05) is 26.0 Å². The van der Waals surface area contributed by atoms with Crippen molar-refractivity contribution in [1.82, 2.24) is 0 Å². The van der Waals surface area contributed by atoms with Crippen molar-refractivity contribution in [2.75, 3.05) is 0 Å². The predicted octanol–water partition coefficient (Wildman–Crippen LogP) is -0.200. The lowest BCUT2D eigenvalue weighted by molar-refractivity contribution is -0.237. The third-order valence-corrected chi connectivity index (χ3v) is 8.76. The van der Waals surface area contributed by atoms with Crippen LogP contribution in [0.4, 0.5) is 0 Å². The molecule has 5 rings (SSSR count). The van der Waals surface area contributed by atoms with Crippen molar-refractivity contribution in [1.29, 1.82) is 0 Å². The predicted molar refractivity (Wildman–Crippen MR) is 93.8 cm³/mol. The van der Waals surface area contributed by atoms with E-state index in [1.54, 1.807) is 20.8 Å². The molecule has 0 unspecified atom stereocenters. The number of hydrogen-bond donors (Lipinski definition) is 6. The van der Waals surface area contributed by atoms with Crippen molar-refractivity contribution in [3.8, 4) is 0 Å². The van der Waals surface area contributed by atoms with Crippen LogP contribution in [0, 0.1) is 35.0 Å². The molecule has 0 amide bonds. The Hall–Kier alpha value is -0.500. The van der Waals surface area contributed by atoms with Gasteiger partial charge in [-0.2, -0.15) is 0 Å². The molecule has 0 aliphatic heterocycles. The highest BCUT2D eigenvalue weighted by atomic mass is 16.4. The molecule has 0 spiro atoms. The molecule has 5 aliphatic carbocycles. The van der Waals surface area contributed by atoms with Crippen molar-refractivity contribution in [3.05, 3.63) is 12.2 Å². The van der Waals surface area contributed by atoms with Crippen LogP contribution in [-0.4, -0.2) is 66.3 Å². The van der Waals surface area contributed by atoms with E-state index in [2.05, 4.69) is 6.58 Å². The first-order chi connectivity index (χ1) is 11.9. The molecule has 11 atom stereocenters. The lowest BCUT2D eigenvalue weighted by Crippen LogP contribution is -2.66. The lowest BCUT2D eigenvalue weighted by Gasteiger charge is -2.56. The first kappa shape index (κ1) is 18.8. The van der Waals surface area contributed by atoms with E-state index in [-0.39, 0.29) is 30.1 Å². The summed E-state index contributed by atoms with van der Waals surface area (Å²) in [6.45, 7) is 9.25. The van der Waals surface area contributed by atoms with Gasteiger partial charge in [-0.3, -0.25) is 0 Å². The molecule has 0 aromatic rings. The topological polar surface area (TPSA) is 121 Å². The highest BCUT2D eigenvalue weighted by molar-refractivity contribution is 5.31. The van der Waals surface area contributed by atoms with E-state index in [4.69, 9.17) is 0 Å². The zero-order valence-corrected chi connectivity index (χ0v) is 15.7. The SMILES string of the molecule is C=C1[C@@H]2[C@H](O)[C@H](O)C(C)(C)[C@@]2(O)[C@H](O)C[C@H]2[C@@H]3[C@@H](O)[C@H](CC[C@@H]12)[C@]3(C)O. The van der Waals surface area contributed by atoms with Gasteiger partial charge >= 0.3 is 0 Å². The van der Waals surface area contributed by atoms with E-state index >= 15 is 0 Å². The fraction of sp³-hybridized carbons (Fsp3) is 0.900. The van der Waals surface area contributed by atoms with Crippen LogP contribution >= 0.6 is 0 Å². The third-order valence-electron chi connectivity index (χ3n) is 8.76. The number of aliphatic hydroxyl groups excluding tert-OH is 4. The maximum atomic E-state index is 11.6. The maximum Gasteiger partial charge on any atom is 0.107 e. The van der Waals surface area contributed by atoms with E-state index in [0.717, 1.165) is 0 Å². The van der Waals surface area contributed by atoms with Gasteiger partial charge in [0.2, 0.25) is 0 Å². The van der Waals surface area contributed by atoms with E-state index < -0.39 is 47.0 Å². The Labute approximate surface area is 154 Å². The molecule has 2 bridgehead atoms. The summed E-state index contributed by atoms with van der Waals surface area (Å²) in [4.78, 5) is 0. The van der Waals surface area contributed by atoms with E-state index in [1.165, 1.54) is 0 Å². The van der Waals surface area contributed by atoms with E-state index in [9.17, 15) is 30.6 Å². The highest BCUT2D eigenvalue weighted by Gasteiger charge is 2.72. The molecule has 0 aromatic carbocycles. The number of fused-ring (bicyclic) bond motifs is 2. The van der Waals surface area contributed by atoms with Crippen molar-refractivity contribution in [2.24, 2.45) is 35.0 Å². The second-order valence-electron chi connectivity index (χ2n) is 9.98. The first-order valence-corrected chi connectivity index (χ1v) is 9.74. The third kappa shape index (κ3) is 1.88. The van der Waals surface area contributed by atoms with E-state index in [0.29, 0.717) is 18.4 Å². The molecule has 148 valence electrons. The Bertz CT molecular complexity index is 630. The molecule has 26 heavy (non-hydrogen) atoms. The van der Waals surface area contributed by atoms with Crippen molar-refractivity contribution in [2.45, 2.75) is 75.7 Å². The highest BCUT2D eigenvalue weighted by Crippen LogP contribution is 2.64. The van der Waals surface area contributed by atoms with Gasteiger partial charge in [-0.25, -0.2) is 0 Å². The molecule has 6 heteroatoms. The van der Waals surface area contributed by atoms with Crippen LogP contribution in [0.25, 0.3) is 0 Å². The second-order valence-corrected chi connectivity index (χ2v) is 9.98. The largest absolute Gasteiger partial charge is 0.392 e. The normalized spacial score (nSPS) is 61.1. The standard InChI is InChI=1S/C20H32O6/c1-8-9-5-6-11-15(22)14(19(11,4)25)10(9)7-12(21)20(26)13(8)16(23)17(24)18(20,2)3/h9-17,21-26H,1,5-7H2,2-4H3/t9-,10+,11-,12+,13+,14+,15-,16-,17-,19-,20+/m0/s1. The van der Waals surface area contributed by atoms with Gasteiger partial charge in [-0.15, -0.1) is 0 Å². The Balaban J connectivity index is 1.81. The maximum absolute atomic E-state index is 11.6. The molecular formula is C20H32O6. The average molecular weight is 368 g/mol. The van der Waals surface area contributed by atoms with Gasteiger partial charge in [0.05, 0.1) is 30.0 Å². The van der Waals surface area contributed by atoms with Gasteiger partial charge in [0.15, 0.2) is 0 Å². The quantitative estimate of drug-likeness (QED) is 0.329. The molecule has 5 saturated carbocycles. The van der Waals surface area contributed by atoms with Crippen LogP contribution in [0.1, 0.15) is 40.0 Å². The van der Waals surface area contributed by atoms with Gasteiger partial charge in [0, 0.05) is 23.2 Å². The summed E-state index contributed by atoms with van der Waals surface area (Å²) in [5.74, 6) is -1.78. The summed E-state index contributed by atoms with van der Waals surface area (Å²) in [6, 6.07) is 0. The van der Waals surface area contributed by atoms with Crippen LogP contribution in [-0.2, 0) is 0 Å².